The van der Waals surface area contributed by atoms with Gasteiger partial charge in [-0.3, -0.25) is 10.1 Å². The first-order valence-electron chi connectivity index (χ1n) is 7.30. The Morgan fingerprint density at radius 1 is 1.11 bits per heavy atom. The largest absolute Gasteiger partial charge is 0.386 e. The van der Waals surface area contributed by atoms with E-state index < -0.39 is 12.1 Å². The zero-order valence-electron chi connectivity index (χ0n) is 12.1. The summed E-state index contributed by atoms with van der Waals surface area (Å²) < 4.78 is 0. The molecule has 0 aromatic heterocycles. The van der Waals surface area contributed by atoms with Crippen molar-refractivity contribution in [3.05, 3.63) is 10.1 Å². The number of nitrogens with zero attached hydrogens (tertiary/aromatic N) is 1. The van der Waals surface area contributed by atoms with Gasteiger partial charge in [-0.1, -0.05) is 59.3 Å². The summed E-state index contributed by atoms with van der Waals surface area (Å²) in [6, 6.07) is -0.791. The van der Waals surface area contributed by atoms with Crippen LogP contribution in [0.2, 0.25) is 0 Å². The lowest BCUT2D eigenvalue weighted by molar-refractivity contribution is -0.536. The second-order valence-corrected chi connectivity index (χ2v) is 5.61. The summed E-state index contributed by atoms with van der Waals surface area (Å²) in [4.78, 5) is 10.6. The second kappa shape index (κ2) is 10.3. The number of nitro groups is 1. The van der Waals surface area contributed by atoms with E-state index in [1.54, 1.807) is 0 Å². The number of unbranched alkanes of at least 4 members (excludes halogenated alkanes) is 5. The van der Waals surface area contributed by atoms with E-state index in [1.807, 2.05) is 13.8 Å². The van der Waals surface area contributed by atoms with Gasteiger partial charge in [0.1, 0.15) is 6.10 Å². The predicted molar refractivity (Wildman–Crippen MR) is 74.2 cm³/mol. The fraction of sp³-hybridized carbons (Fsp3) is 1.00. The average Bonchev–Trinajstić information content (AvgIpc) is 2.29. The van der Waals surface area contributed by atoms with Gasteiger partial charge in [0.2, 0.25) is 6.04 Å². The fourth-order valence-electron chi connectivity index (χ4n) is 2.19. The Balaban J connectivity index is 3.82. The molecule has 0 rings (SSSR count). The lowest BCUT2D eigenvalue weighted by atomic mass is 9.96. The van der Waals surface area contributed by atoms with Crippen LogP contribution in [0.1, 0.15) is 72.1 Å². The highest BCUT2D eigenvalue weighted by atomic mass is 16.6. The highest BCUT2D eigenvalue weighted by Crippen LogP contribution is 2.16. The molecule has 4 nitrogen and oxygen atoms in total. The normalized spacial score (nSPS) is 14.7. The molecule has 0 fully saturated rings. The zero-order valence-corrected chi connectivity index (χ0v) is 12.1. The van der Waals surface area contributed by atoms with Crippen molar-refractivity contribution in [2.45, 2.75) is 84.3 Å². The molecular formula is C14H29NO3. The molecule has 0 saturated carbocycles. The summed E-state index contributed by atoms with van der Waals surface area (Å²) >= 11 is 0. The average molecular weight is 259 g/mol. The third-order valence-electron chi connectivity index (χ3n) is 3.28. The fourth-order valence-corrected chi connectivity index (χ4v) is 2.19. The summed E-state index contributed by atoms with van der Waals surface area (Å²) in [5.41, 5.74) is 0. The van der Waals surface area contributed by atoms with Gasteiger partial charge in [-0.15, -0.1) is 0 Å². The van der Waals surface area contributed by atoms with E-state index in [0.717, 1.165) is 12.8 Å². The highest BCUT2D eigenvalue weighted by molar-refractivity contribution is 4.70. The van der Waals surface area contributed by atoms with Crippen LogP contribution in [0.5, 0.6) is 0 Å². The van der Waals surface area contributed by atoms with Gasteiger partial charge in [-0.2, -0.15) is 0 Å². The predicted octanol–water partition coefficient (Wildman–Crippen LogP) is 3.79. The molecule has 0 heterocycles. The van der Waals surface area contributed by atoms with Crippen LogP contribution in [0.3, 0.4) is 0 Å². The summed E-state index contributed by atoms with van der Waals surface area (Å²) in [7, 11) is 0. The molecule has 0 unspecified atom stereocenters. The summed E-state index contributed by atoms with van der Waals surface area (Å²) in [6.45, 7) is 6.08. The number of hydrogen-bond acceptors (Lipinski definition) is 3. The second-order valence-electron chi connectivity index (χ2n) is 5.61. The molecule has 1 N–H and O–H groups in total. The van der Waals surface area contributed by atoms with E-state index in [0.29, 0.717) is 12.8 Å². The molecule has 0 bridgehead atoms. The molecule has 108 valence electrons. The zero-order chi connectivity index (χ0) is 14.0. The molecule has 0 aromatic carbocycles. The standard InChI is InChI=1S/C14H29NO3/c1-4-5-6-7-8-9-10-14(16)13(15(17)18)11-12(2)3/h12-14,16H,4-11H2,1-3H3/t13-,14-/m1/s1. The van der Waals surface area contributed by atoms with Crippen LogP contribution < -0.4 is 0 Å². The molecule has 0 radical (unpaired) electrons. The van der Waals surface area contributed by atoms with Gasteiger partial charge >= 0.3 is 0 Å². The molecular weight excluding hydrogens is 230 g/mol. The van der Waals surface area contributed by atoms with Crippen LogP contribution in [0.4, 0.5) is 0 Å². The topological polar surface area (TPSA) is 63.4 Å². The third kappa shape index (κ3) is 8.45. The number of aliphatic hydroxyl groups excluding tert-OH is 1. The van der Waals surface area contributed by atoms with Gasteiger partial charge in [0.25, 0.3) is 0 Å². The van der Waals surface area contributed by atoms with Crippen LogP contribution in [-0.2, 0) is 0 Å². The van der Waals surface area contributed by atoms with Crippen molar-refractivity contribution in [3.63, 3.8) is 0 Å². The minimum Gasteiger partial charge on any atom is -0.386 e. The van der Waals surface area contributed by atoms with Crippen molar-refractivity contribution in [1.82, 2.24) is 0 Å². The quantitative estimate of drug-likeness (QED) is 0.349. The summed E-state index contributed by atoms with van der Waals surface area (Å²) in [6.07, 6.45) is 7.10. The lowest BCUT2D eigenvalue weighted by Crippen LogP contribution is -2.34. The third-order valence-corrected chi connectivity index (χ3v) is 3.28. The number of aliphatic hydroxyl groups is 1. The van der Waals surface area contributed by atoms with Crippen LogP contribution in [0, 0.1) is 16.0 Å². The summed E-state index contributed by atoms with van der Waals surface area (Å²) in [5.74, 6) is 0.250. The van der Waals surface area contributed by atoms with Gasteiger partial charge in [-0.05, 0) is 12.3 Å². The van der Waals surface area contributed by atoms with E-state index in [9.17, 15) is 15.2 Å². The Morgan fingerprint density at radius 2 is 1.67 bits per heavy atom. The Kier molecular flexibility index (Phi) is 9.93. The van der Waals surface area contributed by atoms with Crippen LogP contribution in [0.15, 0.2) is 0 Å². The Hall–Kier alpha value is -0.640. The molecule has 2 atom stereocenters. The van der Waals surface area contributed by atoms with E-state index >= 15 is 0 Å². The first kappa shape index (κ1) is 17.4. The van der Waals surface area contributed by atoms with Gasteiger partial charge in [0.05, 0.1) is 0 Å². The minimum atomic E-state index is -0.791. The van der Waals surface area contributed by atoms with Crippen molar-refractivity contribution in [2.75, 3.05) is 0 Å². The smallest absolute Gasteiger partial charge is 0.238 e. The van der Waals surface area contributed by atoms with Crippen molar-refractivity contribution in [1.29, 1.82) is 0 Å². The maximum absolute atomic E-state index is 10.9. The minimum absolute atomic E-state index is 0.250. The monoisotopic (exact) mass is 259 g/mol. The first-order chi connectivity index (χ1) is 8.49. The number of hydrogen-bond donors (Lipinski definition) is 1. The van der Waals surface area contributed by atoms with E-state index in [4.69, 9.17) is 0 Å². The van der Waals surface area contributed by atoms with E-state index in [-0.39, 0.29) is 10.8 Å². The Labute approximate surface area is 111 Å². The molecule has 18 heavy (non-hydrogen) atoms. The molecule has 0 aliphatic carbocycles. The van der Waals surface area contributed by atoms with Crippen molar-refractivity contribution in [2.24, 2.45) is 5.92 Å². The van der Waals surface area contributed by atoms with Crippen LogP contribution in [-0.4, -0.2) is 22.2 Å². The van der Waals surface area contributed by atoms with Crippen LogP contribution in [0.25, 0.3) is 0 Å². The maximum atomic E-state index is 10.9. The molecule has 0 aliphatic rings. The molecule has 4 heteroatoms. The van der Waals surface area contributed by atoms with Gasteiger partial charge in [-0.25, -0.2) is 0 Å². The van der Waals surface area contributed by atoms with Crippen molar-refractivity contribution < 1.29 is 10.0 Å². The first-order valence-corrected chi connectivity index (χ1v) is 7.30. The van der Waals surface area contributed by atoms with Crippen molar-refractivity contribution in [3.8, 4) is 0 Å². The van der Waals surface area contributed by atoms with Gasteiger partial charge in [0, 0.05) is 11.3 Å². The molecule has 0 amide bonds. The Bertz CT molecular complexity index is 219. The number of rotatable bonds is 11. The molecule has 0 spiro atoms. The summed E-state index contributed by atoms with van der Waals surface area (Å²) in [5, 5.41) is 20.8. The van der Waals surface area contributed by atoms with E-state index in [2.05, 4.69) is 6.92 Å². The molecule has 0 saturated heterocycles. The molecule has 0 aromatic rings. The lowest BCUT2D eigenvalue weighted by Gasteiger charge is -2.17. The van der Waals surface area contributed by atoms with Crippen molar-refractivity contribution >= 4 is 0 Å². The highest BCUT2D eigenvalue weighted by Gasteiger charge is 2.29. The SMILES string of the molecule is CCCCCCCC[C@@H](O)[C@@H](CC(C)C)[N+](=O)[O-]. The van der Waals surface area contributed by atoms with Gasteiger partial charge in [0.15, 0.2) is 0 Å². The van der Waals surface area contributed by atoms with E-state index in [1.165, 1.54) is 25.7 Å². The van der Waals surface area contributed by atoms with Crippen LogP contribution >= 0.6 is 0 Å². The maximum Gasteiger partial charge on any atom is 0.238 e. The Morgan fingerprint density at radius 3 is 2.17 bits per heavy atom. The van der Waals surface area contributed by atoms with Gasteiger partial charge < -0.3 is 5.11 Å². The molecule has 0 aliphatic heterocycles.